The number of benzene rings is 3. The van der Waals surface area contributed by atoms with Gasteiger partial charge in [-0.2, -0.15) is 0 Å². The monoisotopic (exact) mass is 632 g/mol. The highest BCUT2D eigenvalue weighted by molar-refractivity contribution is 9.10. The van der Waals surface area contributed by atoms with Crippen LogP contribution in [0.4, 0.5) is 0 Å². The predicted molar refractivity (Wildman–Crippen MR) is 163 cm³/mol. The smallest absolute Gasteiger partial charge is 0.261 e. The molecule has 2 amide bonds. The minimum absolute atomic E-state index is 0.123. The van der Waals surface area contributed by atoms with Gasteiger partial charge in [0.15, 0.2) is 6.61 Å². The number of amides is 2. The Bertz CT molecular complexity index is 1270. The van der Waals surface area contributed by atoms with E-state index in [4.69, 9.17) is 27.9 Å². The number of nitrogens with zero attached hydrogens (tertiary/aromatic N) is 1. The Morgan fingerprint density at radius 2 is 1.69 bits per heavy atom. The van der Waals surface area contributed by atoms with Gasteiger partial charge in [0.25, 0.3) is 5.91 Å². The molecule has 0 aromatic heterocycles. The van der Waals surface area contributed by atoms with Gasteiger partial charge in [0.1, 0.15) is 11.8 Å². The van der Waals surface area contributed by atoms with Gasteiger partial charge < -0.3 is 15.0 Å². The molecular formula is C31H35BrCl2N2O3. The summed E-state index contributed by atoms with van der Waals surface area (Å²) in [5.74, 6) is 0.617. The number of hydrogen-bond donors (Lipinski definition) is 1. The first-order chi connectivity index (χ1) is 18.5. The van der Waals surface area contributed by atoms with Crippen LogP contribution in [0.2, 0.25) is 10.0 Å². The van der Waals surface area contributed by atoms with E-state index >= 15 is 0 Å². The van der Waals surface area contributed by atoms with Crippen LogP contribution in [0.5, 0.6) is 5.75 Å². The molecule has 0 aliphatic heterocycles. The van der Waals surface area contributed by atoms with E-state index in [1.54, 1.807) is 23.1 Å². The zero-order valence-electron chi connectivity index (χ0n) is 22.7. The van der Waals surface area contributed by atoms with Gasteiger partial charge in [-0.25, -0.2) is 0 Å². The number of nitrogens with one attached hydrogen (secondary N) is 1. The Morgan fingerprint density at radius 3 is 2.31 bits per heavy atom. The molecule has 39 heavy (non-hydrogen) atoms. The van der Waals surface area contributed by atoms with Crippen LogP contribution < -0.4 is 10.1 Å². The van der Waals surface area contributed by atoms with Crippen molar-refractivity contribution >= 4 is 50.9 Å². The Labute approximate surface area is 250 Å². The Kier molecular flexibility index (Phi) is 11.7. The molecule has 0 heterocycles. The van der Waals surface area contributed by atoms with Gasteiger partial charge in [-0.3, -0.25) is 9.59 Å². The van der Waals surface area contributed by atoms with Gasteiger partial charge in [0.2, 0.25) is 5.91 Å². The summed E-state index contributed by atoms with van der Waals surface area (Å²) in [6, 6.07) is 19.8. The summed E-state index contributed by atoms with van der Waals surface area (Å²) in [4.78, 5) is 28.9. The lowest BCUT2D eigenvalue weighted by atomic mass is 10.0. The maximum atomic E-state index is 13.8. The molecule has 208 valence electrons. The van der Waals surface area contributed by atoms with E-state index in [0.29, 0.717) is 40.2 Å². The first-order valence-corrected chi connectivity index (χ1v) is 14.6. The lowest BCUT2D eigenvalue weighted by molar-refractivity contribution is -0.142. The van der Waals surface area contributed by atoms with Gasteiger partial charge in [-0.05, 0) is 68.7 Å². The topological polar surface area (TPSA) is 58.6 Å². The van der Waals surface area contributed by atoms with E-state index in [1.807, 2.05) is 62.4 Å². The van der Waals surface area contributed by atoms with Crippen molar-refractivity contribution < 1.29 is 14.3 Å². The van der Waals surface area contributed by atoms with Crippen molar-refractivity contribution in [1.29, 1.82) is 0 Å². The molecule has 0 radical (unpaired) electrons. The lowest BCUT2D eigenvalue weighted by Gasteiger charge is -2.32. The third kappa shape index (κ3) is 9.26. The van der Waals surface area contributed by atoms with Crippen LogP contribution in [0.1, 0.15) is 50.3 Å². The molecule has 0 saturated carbocycles. The Hall–Kier alpha value is -2.54. The van der Waals surface area contributed by atoms with Crippen molar-refractivity contribution in [3.05, 3.63) is 97.9 Å². The maximum absolute atomic E-state index is 13.8. The largest absolute Gasteiger partial charge is 0.483 e. The molecule has 1 N–H and O–H groups in total. The van der Waals surface area contributed by atoms with Gasteiger partial charge >= 0.3 is 0 Å². The van der Waals surface area contributed by atoms with Gasteiger partial charge in [-0.1, -0.05) is 93.4 Å². The molecule has 3 aromatic carbocycles. The molecule has 0 aliphatic carbocycles. The number of halogens is 3. The van der Waals surface area contributed by atoms with Crippen LogP contribution in [0.25, 0.3) is 0 Å². The minimum Gasteiger partial charge on any atom is -0.483 e. The molecule has 0 saturated heterocycles. The molecule has 1 unspecified atom stereocenters. The van der Waals surface area contributed by atoms with Gasteiger partial charge in [0.05, 0.1) is 4.47 Å². The first kappa shape index (κ1) is 31.0. The number of carbonyl (C=O) groups is 2. The van der Waals surface area contributed by atoms with Crippen LogP contribution in [-0.4, -0.2) is 35.9 Å². The second-order valence-electron chi connectivity index (χ2n) is 10.2. The van der Waals surface area contributed by atoms with E-state index in [-0.39, 0.29) is 30.9 Å². The SMILES string of the molecule is CC(C)CNC(=O)C(Cc1ccccc1)N(Cc1ccc(Cl)cc1Cl)C(=O)COc1ccc(C(C)C)cc1Br. The van der Waals surface area contributed by atoms with Crippen molar-refractivity contribution in [2.24, 2.45) is 5.92 Å². The molecule has 0 bridgehead atoms. The average molecular weight is 634 g/mol. The van der Waals surface area contributed by atoms with Crippen LogP contribution in [0.3, 0.4) is 0 Å². The Morgan fingerprint density at radius 1 is 0.974 bits per heavy atom. The summed E-state index contributed by atoms with van der Waals surface area (Å²) in [5.41, 5.74) is 2.78. The molecule has 8 heteroatoms. The molecule has 5 nitrogen and oxygen atoms in total. The number of rotatable bonds is 12. The quantitative estimate of drug-likeness (QED) is 0.223. The van der Waals surface area contributed by atoms with E-state index in [0.717, 1.165) is 15.6 Å². The molecule has 0 aliphatic rings. The third-order valence-electron chi connectivity index (χ3n) is 6.29. The number of hydrogen-bond acceptors (Lipinski definition) is 3. The lowest BCUT2D eigenvalue weighted by Crippen LogP contribution is -2.52. The van der Waals surface area contributed by atoms with Crippen molar-refractivity contribution in [1.82, 2.24) is 10.2 Å². The highest BCUT2D eigenvalue weighted by Gasteiger charge is 2.31. The normalized spacial score (nSPS) is 11.9. The molecule has 3 rings (SSSR count). The van der Waals surface area contributed by atoms with E-state index in [1.165, 1.54) is 0 Å². The fraction of sp³-hybridized carbons (Fsp3) is 0.355. The summed E-state index contributed by atoms with van der Waals surface area (Å²) < 4.78 is 6.72. The third-order valence-corrected chi connectivity index (χ3v) is 7.49. The number of ether oxygens (including phenoxy) is 1. The van der Waals surface area contributed by atoms with Crippen molar-refractivity contribution in [2.45, 2.75) is 52.6 Å². The Balaban J connectivity index is 1.93. The summed E-state index contributed by atoms with van der Waals surface area (Å²) in [6.07, 6.45) is 0.342. The highest BCUT2D eigenvalue weighted by Crippen LogP contribution is 2.29. The van der Waals surface area contributed by atoms with E-state index in [9.17, 15) is 9.59 Å². The number of carbonyl (C=O) groups excluding carboxylic acids is 2. The predicted octanol–water partition coefficient (Wildman–Crippen LogP) is 7.67. The fourth-order valence-electron chi connectivity index (χ4n) is 4.03. The fourth-order valence-corrected chi connectivity index (χ4v) is 5.00. The maximum Gasteiger partial charge on any atom is 0.261 e. The molecular weight excluding hydrogens is 599 g/mol. The standard InChI is InChI=1S/C31H35BrCl2N2O3/c1-20(2)17-35-31(38)28(14-22-8-6-5-7-9-22)36(18-24-10-12-25(33)16-27(24)34)30(37)19-39-29-13-11-23(21(3)4)15-26(29)32/h5-13,15-16,20-21,28H,14,17-19H2,1-4H3,(H,35,38). The molecule has 3 aromatic rings. The average Bonchev–Trinajstić information content (AvgIpc) is 2.90. The van der Waals surface area contributed by atoms with Crippen molar-refractivity contribution in [3.8, 4) is 5.75 Å². The molecule has 0 fully saturated rings. The minimum atomic E-state index is -0.777. The van der Waals surface area contributed by atoms with Crippen LogP contribution in [0.15, 0.2) is 71.2 Å². The van der Waals surface area contributed by atoms with E-state index < -0.39 is 6.04 Å². The second kappa shape index (κ2) is 14.7. The first-order valence-electron chi connectivity index (χ1n) is 13.0. The second-order valence-corrected chi connectivity index (χ2v) is 11.9. The highest BCUT2D eigenvalue weighted by atomic mass is 79.9. The van der Waals surface area contributed by atoms with Gasteiger partial charge in [-0.15, -0.1) is 0 Å². The van der Waals surface area contributed by atoms with Gasteiger partial charge in [0, 0.05) is 29.6 Å². The van der Waals surface area contributed by atoms with E-state index in [2.05, 4.69) is 35.1 Å². The summed E-state index contributed by atoms with van der Waals surface area (Å²) in [6.45, 7) is 8.66. The molecule has 0 spiro atoms. The summed E-state index contributed by atoms with van der Waals surface area (Å²) in [5, 5.41) is 3.93. The summed E-state index contributed by atoms with van der Waals surface area (Å²) >= 11 is 16.2. The van der Waals surface area contributed by atoms with Crippen LogP contribution in [0, 0.1) is 5.92 Å². The van der Waals surface area contributed by atoms with Crippen LogP contribution >= 0.6 is 39.1 Å². The van der Waals surface area contributed by atoms with Crippen LogP contribution in [-0.2, 0) is 22.6 Å². The zero-order valence-corrected chi connectivity index (χ0v) is 25.8. The molecule has 1 atom stereocenters. The van der Waals surface area contributed by atoms with Crippen molar-refractivity contribution in [2.75, 3.05) is 13.2 Å². The zero-order chi connectivity index (χ0) is 28.5. The van der Waals surface area contributed by atoms with Crippen molar-refractivity contribution in [3.63, 3.8) is 0 Å². The summed E-state index contributed by atoms with van der Waals surface area (Å²) in [7, 11) is 0.